The van der Waals surface area contributed by atoms with Gasteiger partial charge in [-0.05, 0) is 105 Å². The maximum Gasteiger partial charge on any atom is 0.150 e. The maximum atomic E-state index is 11.2. The second-order valence-electron chi connectivity index (χ2n) is 11.9. The van der Waals surface area contributed by atoms with Crippen LogP contribution in [0.25, 0.3) is 54.6 Å². The van der Waals surface area contributed by atoms with Crippen LogP contribution >= 0.6 is 0 Å². The third kappa shape index (κ3) is 5.59. The van der Waals surface area contributed by atoms with E-state index in [1.165, 1.54) is 46.2 Å². The minimum atomic E-state index is 0.699. The summed E-state index contributed by atoms with van der Waals surface area (Å²) in [5.41, 5.74) is 12.0. The first-order valence-electron chi connectivity index (χ1n) is 15.5. The normalized spacial score (nSPS) is 16.5. The topological polar surface area (TPSA) is 43.1 Å². The summed E-state index contributed by atoms with van der Waals surface area (Å²) in [5.74, 6) is 1.98. The second-order valence-corrected chi connectivity index (χ2v) is 11.9. The molecule has 2 bridgehead atoms. The monoisotopic (exact) mass is 569 g/mol. The minimum Gasteiger partial charge on any atom is -0.398 e. The molecule has 214 valence electrons. The quantitative estimate of drug-likeness (QED) is 0.0995. The van der Waals surface area contributed by atoms with E-state index in [1.807, 2.05) is 54.6 Å². The van der Waals surface area contributed by atoms with Gasteiger partial charge in [-0.3, -0.25) is 4.79 Å². The van der Waals surface area contributed by atoms with E-state index in [0.717, 1.165) is 51.4 Å². The van der Waals surface area contributed by atoms with Crippen molar-refractivity contribution in [1.29, 1.82) is 0 Å². The molecule has 0 radical (unpaired) electrons. The molecule has 44 heavy (non-hydrogen) atoms. The van der Waals surface area contributed by atoms with Crippen LogP contribution in [0.2, 0.25) is 0 Å². The Morgan fingerprint density at radius 2 is 1.05 bits per heavy atom. The number of hydrogen-bond acceptors (Lipinski definition) is 2. The van der Waals surface area contributed by atoms with E-state index in [0.29, 0.717) is 5.56 Å². The molecule has 7 aromatic carbocycles. The lowest BCUT2D eigenvalue weighted by Crippen LogP contribution is -1.89. The number of nitrogens with two attached hydrogens (primary N) is 1. The molecule has 0 aliphatic heterocycles. The molecule has 0 spiro atoms. The van der Waals surface area contributed by atoms with Crippen molar-refractivity contribution in [3.8, 4) is 22.3 Å². The van der Waals surface area contributed by atoms with Crippen LogP contribution in [0.15, 0.2) is 146 Å². The Morgan fingerprint density at radius 3 is 1.55 bits per heavy atom. The molecule has 1 saturated carbocycles. The first-order valence-corrected chi connectivity index (χ1v) is 15.5. The van der Waals surface area contributed by atoms with Crippen molar-refractivity contribution in [2.75, 3.05) is 5.73 Å². The third-order valence-corrected chi connectivity index (χ3v) is 9.04. The van der Waals surface area contributed by atoms with Crippen LogP contribution in [0.3, 0.4) is 0 Å². The number of aldehydes is 1. The van der Waals surface area contributed by atoms with Gasteiger partial charge in [0.2, 0.25) is 0 Å². The van der Waals surface area contributed by atoms with Gasteiger partial charge in [0.05, 0.1) is 0 Å². The van der Waals surface area contributed by atoms with Crippen LogP contribution in [0.5, 0.6) is 0 Å². The average molecular weight is 570 g/mol. The number of carbonyl (C=O) groups excluding carboxylic acids is 1. The lowest BCUT2D eigenvalue weighted by molar-refractivity contribution is 0.112. The number of anilines is 1. The fourth-order valence-corrected chi connectivity index (χ4v) is 6.79. The number of fused-ring (bicyclic) bond motifs is 2. The number of carbonyl (C=O) groups is 1. The summed E-state index contributed by atoms with van der Waals surface area (Å²) in [5, 5.41) is 7.61. The Balaban J connectivity index is 0.000000117. The van der Waals surface area contributed by atoms with E-state index in [9.17, 15) is 4.79 Å². The average Bonchev–Trinajstić information content (AvgIpc) is 3.76. The molecular weight excluding hydrogens is 534 g/mol. The number of benzene rings is 7. The summed E-state index contributed by atoms with van der Waals surface area (Å²) in [4.78, 5) is 11.2. The summed E-state index contributed by atoms with van der Waals surface area (Å²) in [7, 11) is 0. The van der Waals surface area contributed by atoms with Gasteiger partial charge in [-0.1, -0.05) is 121 Å². The first-order chi connectivity index (χ1) is 21.7. The highest BCUT2D eigenvalue weighted by molar-refractivity contribution is 6.24. The van der Waals surface area contributed by atoms with Crippen molar-refractivity contribution in [2.45, 2.75) is 19.3 Å². The van der Waals surface area contributed by atoms with Crippen molar-refractivity contribution in [3.63, 3.8) is 0 Å². The molecule has 2 atom stereocenters. The van der Waals surface area contributed by atoms with Crippen molar-refractivity contribution < 1.29 is 4.79 Å². The van der Waals surface area contributed by atoms with Gasteiger partial charge in [0.15, 0.2) is 0 Å². The van der Waals surface area contributed by atoms with Crippen LogP contribution in [0.1, 0.15) is 29.6 Å². The molecule has 2 N–H and O–H groups in total. The van der Waals surface area contributed by atoms with Gasteiger partial charge in [0.1, 0.15) is 6.29 Å². The highest BCUT2D eigenvalue weighted by Crippen LogP contribution is 2.38. The van der Waals surface area contributed by atoms with Crippen molar-refractivity contribution >= 4 is 44.3 Å². The largest absolute Gasteiger partial charge is 0.398 e. The number of nitrogen functional groups attached to an aromatic ring is 1. The molecule has 2 unspecified atom stereocenters. The summed E-state index contributed by atoms with van der Waals surface area (Å²) < 4.78 is 0. The Labute approximate surface area is 258 Å². The molecular formula is C42H35NO. The van der Waals surface area contributed by atoms with E-state index < -0.39 is 0 Å². The highest BCUT2D eigenvalue weighted by atomic mass is 16.1. The van der Waals surface area contributed by atoms with Crippen LogP contribution in [-0.2, 0) is 0 Å². The van der Waals surface area contributed by atoms with Crippen LogP contribution in [0.4, 0.5) is 5.69 Å². The summed E-state index contributed by atoms with van der Waals surface area (Å²) in [6.07, 6.45) is 10.1. The van der Waals surface area contributed by atoms with Gasteiger partial charge in [-0.2, -0.15) is 0 Å². The standard InChI is InChI=1S/C19H14O.C16H11N.C7H10/c20-14-15-11-18(16-7-3-1-4-8-16)13-19(12-15)17-9-5-2-6-10-17;17-14-9-7-12-5-4-10-2-1-3-11-6-8-13(14)16(12)15(10)11;1-2-7-4-3-6(1)5-7/h1-14H;1-9H,17H2;1-2,6-7H,3-5H2. The van der Waals surface area contributed by atoms with Crippen molar-refractivity contribution in [3.05, 3.63) is 151 Å². The van der Waals surface area contributed by atoms with Crippen molar-refractivity contribution in [2.24, 2.45) is 11.8 Å². The van der Waals surface area contributed by atoms with Gasteiger partial charge in [-0.25, -0.2) is 0 Å². The van der Waals surface area contributed by atoms with E-state index in [4.69, 9.17) is 5.73 Å². The molecule has 0 saturated heterocycles. The predicted octanol–water partition coefficient (Wildman–Crippen LogP) is 11.0. The molecule has 9 rings (SSSR count). The fourth-order valence-electron chi connectivity index (χ4n) is 6.79. The van der Waals surface area contributed by atoms with Crippen LogP contribution in [0, 0.1) is 11.8 Å². The van der Waals surface area contributed by atoms with Gasteiger partial charge in [0, 0.05) is 16.6 Å². The van der Waals surface area contributed by atoms with Gasteiger partial charge < -0.3 is 5.73 Å². The zero-order chi connectivity index (χ0) is 29.9. The number of hydrogen-bond donors (Lipinski definition) is 1. The number of rotatable bonds is 3. The van der Waals surface area contributed by atoms with Gasteiger partial charge in [0.25, 0.3) is 0 Å². The lowest BCUT2D eigenvalue weighted by atomic mass is 9.94. The van der Waals surface area contributed by atoms with E-state index in [2.05, 4.69) is 91.0 Å². The molecule has 1 fully saturated rings. The van der Waals surface area contributed by atoms with Crippen molar-refractivity contribution in [1.82, 2.24) is 0 Å². The molecule has 2 nitrogen and oxygen atoms in total. The first kappa shape index (κ1) is 27.6. The molecule has 2 heteroatoms. The smallest absolute Gasteiger partial charge is 0.150 e. The van der Waals surface area contributed by atoms with Gasteiger partial charge >= 0.3 is 0 Å². The van der Waals surface area contributed by atoms with E-state index in [1.54, 1.807) is 0 Å². The van der Waals surface area contributed by atoms with Crippen LogP contribution in [-0.4, -0.2) is 6.29 Å². The summed E-state index contributed by atoms with van der Waals surface area (Å²) in [6.45, 7) is 0. The zero-order valence-electron chi connectivity index (χ0n) is 24.7. The van der Waals surface area contributed by atoms with E-state index >= 15 is 0 Å². The molecule has 2 aliphatic carbocycles. The molecule has 0 heterocycles. The Bertz CT molecular complexity index is 1990. The Hall–Kier alpha value is -5.21. The third-order valence-electron chi connectivity index (χ3n) is 9.04. The Morgan fingerprint density at radius 1 is 0.523 bits per heavy atom. The zero-order valence-corrected chi connectivity index (χ0v) is 24.7. The summed E-state index contributed by atoms with van der Waals surface area (Å²) in [6, 6.07) is 45.3. The minimum absolute atomic E-state index is 0.699. The Kier molecular flexibility index (Phi) is 7.65. The fraction of sp³-hybridized carbons (Fsp3) is 0.119. The number of allylic oxidation sites excluding steroid dienone is 2. The molecule has 0 aromatic heterocycles. The SMILES string of the molecule is C1=CC2CCC1C2.Nc1ccc2ccc3cccc4ccc1c2c34.O=Cc1cc(-c2ccccc2)cc(-c2ccccc2)c1. The predicted molar refractivity (Wildman–Crippen MR) is 187 cm³/mol. The van der Waals surface area contributed by atoms with Crippen LogP contribution < -0.4 is 5.73 Å². The summed E-state index contributed by atoms with van der Waals surface area (Å²) >= 11 is 0. The second kappa shape index (κ2) is 12.2. The highest BCUT2D eigenvalue weighted by Gasteiger charge is 2.25. The lowest BCUT2D eigenvalue weighted by Gasteiger charge is -2.11. The van der Waals surface area contributed by atoms with E-state index in [-0.39, 0.29) is 0 Å². The molecule has 7 aromatic rings. The molecule has 0 amide bonds. The molecule has 2 aliphatic rings. The maximum absolute atomic E-state index is 11.2. The van der Waals surface area contributed by atoms with Gasteiger partial charge in [-0.15, -0.1) is 0 Å².